The number of carbonyl (C=O) groups excluding carboxylic acids is 1. The van der Waals surface area contributed by atoms with Gasteiger partial charge in [0, 0.05) is 5.56 Å². The second-order valence-corrected chi connectivity index (χ2v) is 7.79. The molecule has 3 rings (SSSR count). The lowest BCUT2D eigenvalue weighted by Gasteiger charge is -2.16. The standard InChI is InChI=1S/C21H18FN3O3S/c22-16-8-4-5-13(11-16)9-10-15-12-17(14-6-2-1-3-7-14)19(23)18(21(24)26)20(15)29(25,27)28/h1-12H,23H2,(H2,24,26)(H2,25,27,28)/b10-9+. The van der Waals surface area contributed by atoms with Crippen LogP contribution in [0.5, 0.6) is 0 Å². The van der Waals surface area contributed by atoms with Crippen molar-refractivity contribution in [2.24, 2.45) is 10.9 Å². The molecule has 0 radical (unpaired) electrons. The highest BCUT2D eigenvalue weighted by molar-refractivity contribution is 7.89. The van der Waals surface area contributed by atoms with Gasteiger partial charge in [0.1, 0.15) is 10.7 Å². The molecule has 3 aromatic rings. The number of nitrogens with two attached hydrogens (primary N) is 3. The molecule has 6 nitrogen and oxygen atoms in total. The fourth-order valence-corrected chi connectivity index (χ4v) is 3.98. The Kier molecular flexibility index (Phi) is 5.49. The van der Waals surface area contributed by atoms with E-state index in [4.69, 9.17) is 16.6 Å². The van der Waals surface area contributed by atoms with Gasteiger partial charge < -0.3 is 11.5 Å². The number of primary sulfonamides is 1. The fourth-order valence-electron chi connectivity index (χ4n) is 3.03. The predicted octanol–water partition coefficient (Wildman–Crippen LogP) is 2.99. The van der Waals surface area contributed by atoms with Crippen LogP contribution in [0.25, 0.3) is 23.3 Å². The molecule has 0 unspecified atom stereocenters. The highest BCUT2D eigenvalue weighted by Crippen LogP contribution is 2.36. The van der Waals surface area contributed by atoms with Crippen molar-refractivity contribution in [3.05, 3.63) is 83.2 Å². The molecule has 0 aromatic heterocycles. The van der Waals surface area contributed by atoms with Crippen molar-refractivity contribution in [1.29, 1.82) is 0 Å². The summed E-state index contributed by atoms with van der Waals surface area (Å²) in [4.78, 5) is 11.6. The van der Waals surface area contributed by atoms with E-state index in [9.17, 15) is 17.6 Å². The van der Waals surface area contributed by atoms with Gasteiger partial charge in [-0.1, -0.05) is 54.6 Å². The molecule has 0 saturated carbocycles. The first-order valence-electron chi connectivity index (χ1n) is 8.46. The monoisotopic (exact) mass is 411 g/mol. The third-order valence-electron chi connectivity index (χ3n) is 4.27. The number of sulfonamides is 1. The van der Waals surface area contributed by atoms with E-state index in [1.807, 2.05) is 0 Å². The molecule has 0 spiro atoms. The maximum absolute atomic E-state index is 13.4. The molecule has 0 bridgehead atoms. The van der Waals surface area contributed by atoms with Crippen LogP contribution in [0.1, 0.15) is 21.5 Å². The Morgan fingerprint density at radius 2 is 1.66 bits per heavy atom. The van der Waals surface area contributed by atoms with Gasteiger partial charge in [0.25, 0.3) is 5.91 Å². The molecule has 0 atom stereocenters. The number of hydrogen-bond acceptors (Lipinski definition) is 4. The first-order chi connectivity index (χ1) is 13.7. The largest absolute Gasteiger partial charge is 0.398 e. The minimum atomic E-state index is -4.35. The van der Waals surface area contributed by atoms with Crippen LogP contribution in [0.15, 0.2) is 65.6 Å². The number of rotatable bonds is 5. The highest BCUT2D eigenvalue weighted by Gasteiger charge is 2.26. The quantitative estimate of drug-likeness (QED) is 0.440. The first-order valence-corrected chi connectivity index (χ1v) is 10.0. The van der Waals surface area contributed by atoms with E-state index < -0.39 is 26.6 Å². The molecule has 148 valence electrons. The third kappa shape index (κ3) is 4.34. The van der Waals surface area contributed by atoms with E-state index in [1.165, 1.54) is 36.4 Å². The molecule has 3 aromatic carbocycles. The van der Waals surface area contributed by atoms with Gasteiger partial charge in [-0.2, -0.15) is 0 Å². The van der Waals surface area contributed by atoms with Gasteiger partial charge >= 0.3 is 0 Å². The van der Waals surface area contributed by atoms with Crippen molar-refractivity contribution in [1.82, 2.24) is 0 Å². The Bertz CT molecular complexity index is 1220. The number of carbonyl (C=O) groups is 1. The minimum Gasteiger partial charge on any atom is -0.398 e. The van der Waals surface area contributed by atoms with Crippen molar-refractivity contribution in [2.75, 3.05) is 5.73 Å². The van der Waals surface area contributed by atoms with Gasteiger partial charge in [0.05, 0.1) is 11.3 Å². The summed E-state index contributed by atoms with van der Waals surface area (Å²) in [7, 11) is -4.35. The normalized spacial score (nSPS) is 11.7. The van der Waals surface area contributed by atoms with Crippen molar-refractivity contribution < 1.29 is 17.6 Å². The Balaban J connectivity index is 2.33. The van der Waals surface area contributed by atoms with Crippen molar-refractivity contribution >= 4 is 33.8 Å². The van der Waals surface area contributed by atoms with E-state index >= 15 is 0 Å². The molecule has 0 saturated heterocycles. The predicted molar refractivity (Wildman–Crippen MR) is 112 cm³/mol. The highest BCUT2D eigenvalue weighted by atomic mass is 32.2. The van der Waals surface area contributed by atoms with E-state index in [0.29, 0.717) is 16.7 Å². The molecular weight excluding hydrogens is 393 g/mol. The van der Waals surface area contributed by atoms with Gasteiger partial charge in [-0.05, 0) is 34.9 Å². The molecular formula is C21H18FN3O3S. The second kappa shape index (κ2) is 7.86. The molecule has 0 aliphatic carbocycles. The number of anilines is 1. The van der Waals surface area contributed by atoms with Gasteiger partial charge in [-0.3, -0.25) is 4.79 Å². The average Bonchev–Trinajstić information content (AvgIpc) is 2.66. The Hall–Kier alpha value is -3.49. The third-order valence-corrected chi connectivity index (χ3v) is 5.28. The molecule has 6 N–H and O–H groups in total. The number of amides is 1. The summed E-state index contributed by atoms with van der Waals surface area (Å²) < 4.78 is 38.0. The van der Waals surface area contributed by atoms with Crippen molar-refractivity contribution in [3.63, 3.8) is 0 Å². The summed E-state index contributed by atoms with van der Waals surface area (Å²) in [6, 6.07) is 16.1. The van der Waals surface area contributed by atoms with Crippen LogP contribution in [0.3, 0.4) is 0 Å². The number of halogens is 1. The van der Waals surface area contributed by atoms with Crippen molar-refractivity contribution in [3.8, 4) is 11.1 Å². The first kappa shape index (κ1) is 20.2. The van der Waals surface area contributed by atoms with E-state index in [-0.39, 0.29) is 16.8 Å². The van der Waals surface area contributed by atoms with E-state index in [0.717, 1.165) is 0 Å². The summed E-state index contributed by atoms with van der Waals surface area (Å²) in [5.74, 6) is -1.47. The Morgan fingerprint density at radius 1 is 0.966 bits per heavy atom. The van der Waals surface area contributed by atoms with Crippen LogP contribution in [0.4, 0.5) is 10.1 Å². The molecule has 8 heteroatoms. The molecule has 0 fully saturated rings. The molecule has 29 heavy (non-hydrogen) atoms. The maximum Gasteiger partial charge on any atom is 0.252 e. The van der Waals surface area contributed by atoms with Gasteiger partial charge in [0.2, 0.25) is 10.0 Å². The minimum absolute atomic E-state index is 0.0874. The van der Waals surface area contributed by atoms with Crippen LogP contribution in [0, 0.1) is 5.82 Å². The van der Waals surface area contributed by atoms with Crippen molar-refractivity contribution in [2.45, 2.75) is 4.90 Å². The number of nitrogen functional groups attached to an aromatic ring is 1. The molecule has 0 aliphatic rings. The number of hydrogen-bond donors (Lipinski definition) is 3. The molecule has 1 amide bonds. The van der Waals surface area contributed by atoms with Crippen LogP contribution in [-0.4, -0.2) is 14.3 Å². The van der Waals surface area contributed by atoms with Gasteiger partial charge in [-0.15, -0.1) is 0 Å². The topological polar surface area (TPSA) is 129 Å². The summed E-state index contributed by atoms with van der Waals surface area (Å²) in [6.07, 6.45) is 2.93. The number of benzene rings is 3. The average molecular weight is 411 g/mol. The van der Waals surface area contributed by atoms with Crippen LogP contribution in [0.2, 0.25) is 0 Å². The van der Waals surface area contributed by atoms with Crippen LogP contribution < -0.4 is 16.6 Å². The maximum atomic E-state index is 13.4. The number of primary amides is 1. The second-order valence-electron chi connectivity index (χ2n) is 6.29. The summed E-state index contributed by atoms with van der Waals surface area (Å²) in [5.41, 5.74) is 12.8. The van der Waals surface area contributed by atoms with Crippen LogP contribution >= 0.6 is 0 Å². The molecule has 0 aliphatic heterocycles. The Labute approximate surface area is 167 Å². The SMILES string of the molecule is NC(=O)c1c(N)c(-c2ccccc2)cc(/C=C/c2cccc(F)c2)c1S(N)(=O)=O. The summed E-state index contributed by atoms with van der Waals surface area (Å²) in [5, 5.41) is 5.36. The van der Waals surface area contributed by atoms with Gasteiger partial charge in [-0.25, -0.2) is 17.9 Å². The zero-order valence-electron chi connectivity index (χ0n) is 15.2. The lowest BCUT2D eigenvalue weighted by molar-refractivity contribution is 0.0998. The summed E-state index contributed by atoms with van der Waals surface area (Å²) >= 11 is 0. The lowest BCUT2D eigenvalue weighted by Crippen LogP contribution is -2.23. The fraction of sp³-hybridized carbons (Fsp3) is 0. The summed E-state index contributed by atoms with van der Waals surface area (Å²) in [6.45, 7) is 0. The smallest absolute Gasteiger partial charge is 0.252 e. The lowest BCUT2D eigenvalue weighted by atomic mass is 9.96. The van der Waals surface area contributed by atoms with E-state index in [1.54, 1.807) is 36.4 Å². The molecule has 0 heterocycles. The zero-order valence-corrected chi connectivity index (χ0v) is 16.0. The Morgan fingerprint density at radius 3 is 2.24 bits per heavy atom. The van der Waals surface area contributed by atoms with Crippen LogP contribution in [-0.2, 0) is 10.0 Å². The van der Waals surface area contributed by atoms with E-state index in [2.05, 4.69) is 0 Å². The zero-order chi connectivity index (χ0) is 21.2. The van der Waals surface area contributed by atoms with Gasteiger partial charge in [0.15, 0.2) is 0 Å².